The fourth-order valence-electron chi connectivity index (χ4n) is 3.18. The van der Waals surface area contributed by atoms with E-state index in [1.807, 2.05) is 19.9 Å². The highest BCUT2D eigenvalue weighted by molar-refractivity contribution is 5.70. The maximum absolute atomic E-state index is 13.5. The fraction of sp³-hybridized carbons (Fsp3) is 0.280. The number of anilines is 2. The van der Waals surface area contributed by atoms with Crippen molar-refractivity contribution in [3.63, 3.8) is 0 Å². The smallest absolute Gasteiger partial charge is 0.408 e. The largest absolute Gasteiger partial charge is 0.444 e. The van der Waals surface area contributed by atoms with Gasteiger partial charge < -0.3 is 15.4 Å². The number of carbonyl (C=O) groups excluding carboxylic acids is 1. The third kappa shape index (κ3) is 6.26. The molecule has 0 aliphatic rings. The minimum Gasteiger partial charge on any atom is -0.444 e. The predicted molar refractivity (Wildman–Crippen MR) is 124 cm³/mol. The van der Waals surface area contributed by atoms with Crippen LogP contribution in [0.2, 0.25) is 0 Å². The summed E-state index contributed by atoms with van der Waals surface area (Å²) in [6.45, 7) is 8.96. The molecule has 3 aromatic rings. The van der Waals surface area contributed by atoms with E-state index in [1.165, 1.54) is 6.20 Å². The molecule has 0 saturated carbocycles. The Bertz CT molecular complexity index is 1270. The van der Waals surface area contributed by atoms with Gasteiger partial charge in [0, 0.05) is 23.4 Å². The van der Waals surface area contributed by atoms with Crippen LogP contribution < -0.4 is 10.6 Å². The van der Waals surface area contributed by atoms with Crippen LogP contribution in [0, 0.1) is 28.8 Å². The van der Waals surface area contributed by atoms with Gasteiger partial charge in [-0.25, -0.2) is 27.9 Å². The Hall–Kier alpha value is -4.13. The second-order valence-electron chi connectivity index (χ2n) is 9.28. The average molecular weight is 483 g/mol. The minimum absolute atomic E-state index is 0.0413. The fourth-order valence-corrected chi connectivity index (χ4v) is 3.18. The molecular weight excluding hydrogens is 459 g/mol. The average Bonchev–Trinajstić information content (AvgIpc) is 2.75. The Morgan fingerprint density at radius 2 is 1.63 bits per heavy atom. The topological polar surface area (TPSA) is 99.9 Å². The maximum Gasteiger partial charge on any atom is 0.408 e. The molecular formula is C25H24F3N5O2. The van der Waals surface area contributed by atoms with E-state index >= 15 is 0 Å². The van der Waals surface area contributed by atoms with Gasteiger partial charge in [-0.1, -0.05) is 24.3 Å². The molecule has 0 aliphatic carbocycles. The van der Waals surface area contributed by atoms with E-state index in [9.17, 15) is 23.2 Å². The summed E-state index contributed by atoms with van der Waals surface area (Å²) in [4.78, 5) is 20.5. The van der Waals surface area contributed by atoms with Gasteiger partial charge in [-0.05, 0) is 40.2 Å². The molecule has 0 saturated heterocycles. The second kappa shape index (κ2) is 9.62. The molecule has 1 amide bonds. The van der Waals surface area contributed by atoms with Crippen LogP contribution in [-0.2, 0) is 10.3 Å². The summed E-state index contributed by atoms with van der Waals surface area (Å²) in [6, 6.07) is 10.5. The number of carbonyl (C=O) groups is 1. The molecule has 2 aromatic carbocycles. The number of nitriles is 1. The van der Waals surface area contributed by atoms with Crippen molar-refractivity contribution in [3.8, 4) is 17.3 Å². The number of rotatable bonds is 5. The number of ether oxygens (including phenoxy) is 1. The van der Waals surface area contributed by atoms with Crippen molar-refractivity contribution >= 4 is 17.7 Å². The number of alkyl carbamates (subject to hydrolysis) is 1. The molecule has 182 valence electrons. The Labute approximate surface area is 201 Å². The number of amides is 1. The first-order chi connectivity index (χ1) is 16.3. The lowest BCUT2D eigenvalue weighted by atomic mass is 9.93. The zero-order valence-electron chi connectivity index (χ0n) is 19.8. The zero-order valence-corrected chi connectivity index (χ0v) is 19.8. The van der Waals surface area contributed by atoms with Gasteiger partial charge in [0.15, 0.2) is 17.5 Å². The number of nitrogens with one attached hydrogen (secondary N) is 2. The van der Waals surface area contributed by atoms with Gasteiger partial charge in [-0.15, -0.1) is 0 Å². The number of benzene rings is 2. The highest BCUT2D eigenvalue weighted by Crippen LogP contribution is 2.28. The van der Waals surface area contributed by atoms with Gasteiger partial charge in [-0.3, -0.25) is 0 Å². The Balaban J connectivity index is 1.87. The van der Waals surface area contributed by atoms with Crippen molar-refractivity contribution in [3.05, 3.63) is 71.2 Å². The molecule has 0 unspecified atom stereocenters. The third-order valence-electron chi connectivity index (χ3n) is 4.84. The van der Waals surface area contributed by atoms with Gasteiger partial charge in [0.05, 0.1) is 23.0 Å². The standard InChI is InChI=1S/C25H24F3N5O2/c1-24(2,3)35-23(34)33-25(4,5)16-8-6-14(7-9-16)21-15(12-29)13-30-22(32-21)31-17-10-18(26)20(28)19(27)11-17/h6-11,13H,1-5H3,(H,33,34)(H,30,31,32). The Kier molecular flexibility index (Phi) is 7.01. The summed E-state index contributed by atoms with van der Waals surface area (Å²) in [7, 11) is 0. The molecule has 0 bridgehead atoms. The van der Waals surface area contributed by atoms with Crippen LogP contribution in [0.15, 0.2) is 42.6 Å². The molecule has 35 heavy (non-hydrogen) atoms. The molecule has 0 fully saturated rings. The highest BCUT2D eigenvalue weighted by atomic mass is 19.2. The van der Waals surface area contributed by atoms with Crippen molar-refractivity contribution in [1.82, 2.24) is 15.3 Å². The number of hydrogen-bond acceptors (Lipinski definition) is 6. The summed E-state index contributed by atoms with van der Waals surface area (Å²) in [6.07, 6.45) is 0.710. The SMILES string of the molecule is CC(C)(C)OC(=O)NC(C)(C)c1ccc(-c2nc(Nc3cc(F)c(F)c(F)c3)ncc2C#N)cc1. The number of aromatic nitrogens is 2. The molecule has 1 aromatic heterocycles. The van der Waals surface area contributed by atoms with Crippen LogP contribution in [0.1, 0.15) is 45.7 Å². The molecule has 2 N–H and O–H groups in total. The van der Waals surface area contributed by atoms with E-state index in [0.717, 1.165) is 17.7 Å². The summed E-state index contributed by atoms with van der Waals surface area (Å²) >= 11 is 0. The normalized spacial score (nSPS) is 11.5. The molecule has 0 radical (unpaired) electrons. The van der Waals surface area contributed by atoms with E-state index in [0.29, 0.717) is 5.56 Å². The van der Waals surface area contributed by atoms with Gasteiger partial charge in [0.2, 0.25) is 5.95 Å². The van der Waals surface area contributed by atoms with Crippen LogP contribution in [0.5, 0.6) is 0 Å². The molecule has 0 atom stereocenters. The zero-order chi connectivity index (χ0) is 26.0. The first-order valence-corrected chi connectivity index (χ1v) is 10.6. The van der Waals surface area contributed by atoms with E-state index in [2.05, 4.69) is 20.6 Å². The van der Waals surface area contributed by atoms with Crippen molar-refractivity contribution in [1.29, 1.82) is 5.26 Å². The number of hydrogen-bond donors (Lipinski definition) is 2. The Morgan fingerprint density at radius 3 is 2.17 bits per heavy atom. The van der Waals surface area contributed by atoms with Crippen LogP contribution in [-0.4, -0.2) is 21.7 Å². The molecule has 1 heterocycles. The predicted octanol–water partition coefficient (Wildman–Crippen LogP) is 5.94. The minimum atomic E-state index is -1.58. The second-order valence-corrected chi connectivity index (χ2v) is 9.28. The lowest BCUT2D eigenvalue weighted by Crippen LogP contribution is -2.43. The van der Waals surface area contributed by atoms with Crippen LogP contribution in [0.4, 0.5) is 29.6 Å². The lowest BCUT2D eigenvalue weighted by molar-refractivity contribution is 0.0470. The van der Waals surface area contributed by atoms with Crippen molar-refractivity contribution < 1.29 is 22.7 Å². The van der Waals surface area contributed by atoms with Gasteiger partial charge in [-0.2, -0.15) is 5.26 Å². The summed E-state index contributed by atoms with van der Waals surface area (Å²) in [5.41, 5.74) is 0.303. The van der Waals surface area contributed by atoms with Gasteiger partial charge in [0.25, 0.3) is 0 Å². The first-order valence-electron chi connectivity index (χ1n) is 10.6. The number of nitrogens with zero attached hydrogens (tertiary/aromatic N) is 3. The Morgan fingerprint density at radius 1 is 1.03 bits per heavy atom. The maximum atomic E-state index is 13.5. The number of halogens is 3. The van der Waals surface area contributed by atoms with Crippen molar-refractivity contribution in [2.24, 2.45) is 0 Å². The summed E-state index contributed by atoms with van der Waals surface area (Å²) in [5, 5.41) is 14.9. The molecule has 10 heteroatoms. The molecule has 7 nitrogen and oxygen atoms in total. The van der Waals surface area contributed by atoms with Crippen LogP contribution in [0.25, 0.3) is 11.3 Å². The van der Waals surface area contributed by atoms with Crippen molar-refractivity contribution in [2.45, 2.75) is 45.8 Å². The van der Waals surface area contributed by atoms with Gasteiger partial charge in [0.1, 0.15) is 11.7 Å². The van der Waals surface area contributed by atoms with Crippen LogP contribution >= 0.6 is 0 Å². The summed E-state index contributed by atoms with van der Waals surface area (Å²) < 4.78 is 45.6. The summed E-state index contributed by atoms with van der Waals surface area (Å²) in [5.74, 6) is -4.35. The van der Waals surface area contributed by atoms with Crippen molar-refractivity contribution in [2.75, 3.05) is 5.32 Å². The molecule has 3 rings (SSSR count). The molecule has 0 spiro atoms. The first kappa shape index (κ1) is 25.5. The molecule has 0 aliphatic heterocycles. The monoisotopic (exact) mass is 483 g/mol. The third-order valence-corrected chi connectivity index (χ3v) is 4.84. The van der Waals surface area contributed by atoms with Gasteiger partial charge >= 0.3 is 6.09 Å². The van der Waals surface area contributed by atoms with Crippen LogP contribution in [0.3, 0.4) is 0 Å². The van der Waals surface area contributed by atoms with E-state index in [4.69, 9.17) is 4.74 Å². The lowest BCUT2D eigenvalue weighted by Gasteiger charge is -2.29. The highest BCUT2D eigenvalue weighted by Gasteiger charge is 2.26. The quantitative estimate of drug-likeness (QED) is 0.436. The van der Waals surface area contributed by atoms with E-state index in [1.54, 1.807) is 45.0 Å². The van der Waals surface area contributed by atoms with E-state index in [-0.39, 0.29) is 22.9 Å². The van der Waals surface area contributed by atoms with E-state index < -0.39 is 34.7 Å².